The molecule has 1 aliphatic rings. The zero-order chi connectivity index (χ0) is 19.8. The maximum Gasteiger partial charge on any atom is 0.226 e. The van der Waals surface area contributed by atoms with E-state index in [2.05, 4.69) is 43.1 Å². The Kier molecular flexibility index (Phi) is 4.62. The highest BCUT2D eigenvalue weighted by Crippen LogP contribution is 2.31. The predicted octanol–water partition coefficient (Wildman–Crippen LogP) is 1.88. The van der Waals surface area contributed by atoms with Crippen LogP contribution in [0.2, 0.25) is 0 Å². The summed E-state index contributed by atoms with van der Waals surface area (Å²) < 4.78 is 1.99. The number of nitrogens with one attached hydrogen (secondary N) is 1. The lowest BCUT2D eigenvalue weighted by atomic mass is 9.99. The Morgan fingerprint density at radius 3 is 2.75 bits per heavy atom. The van der Waals surface area contributed by atoms with Crippen LogP contribution in [0.15, 0.2) is 30.9 Å². The highest BCUT2D eigenvalue weighted by molar-refractivity contribution is 5.82. The molecule has 0 aromatic carbocycles. The third-order valence-corrected chi connectivity index (χ3v) is 5.46. The van der Waals surface area contributed by atoms with Crippen molar-refractivity contribution >= 4 is 34.3 Å². The Bertz CT molecular complexity index is 1020. The highest BCUT2D eigenvalue weighted by atomic mass is 16.1. The first kappa shape index (κ1) is 18.2. The summed E-state index contributed by atoms with van der Waals surface area (Å²) in [4.78, 5) is 29.5. The number of imidazole rings is 1. The fourth-order valence-electron chi connectivity index (χ4n) is 3.60. The van der Waals surface area contributed by atoms with Gasteiger partial charge in [0.1, 0.15) is 17.2 Å². The minimum Gasteiger partial charge on any atom is -0.359 e. The van der Waals surface area contributed by atoms with Crippen molar-refractivity contribution in [2.75, 3.05) is 37.0 Å². The van der Waals surface area contributed by atoms with Crippen LogP contribution in [0.1, 0.15) is 12.5 Å². The molecule has 0 saturated carbocycles. The van der Waals surface area contributed by atoms with Gasteiger partial charge in [-0.2, -0.15) is 0 Å². The number of anilines is 3. The number of carbonyl (C=O) groups excluding carboxylic acids is 1. The normalized spacial score (nSPS) is 14.2. The molecule has 8 nitrogen and oxygen atoms in total. The molecular formula is C20H25N7O. The molecule has 0 radical (unpaired) electrons. The zero-order valence-corrected chi connectivity index (χ0v) is 16.7. The monoisotopic (exact) mass is 379 g/mol. The van der Waals surface area contributed by atoms with Crippen LogP contribution in [-0.4, -0.2) is 52.6 Å². The highest BCUT2D eigenvalue weighted by Gasteiger charge is 2.33. The third-order valence-electron chi connectivity index (χ3n) is 5.46. The molecule has 146 valence electrons. The summed E-state index contributed by atoms with van der Waals surface area (Å²) in [6.45, 7) is 3.56. The Hall–Kier alpha value is -3.16. The lowest BCUT2D eigenvalue weighted by molar-refractivity contribution is -0.125. The Balaban J connectivity index is 1.58. The summed E-state index contributed by atoms with van der Waals surface area (Å²) in [7, 11) is 5.66. The summed E-state index contributed by atoms with van der Waals surface area (Å²) in [5.41, 5.74) is 4.15. The number of hydrogen-bond acceptors (Lipinski definition) is 6. The van der Waals surface area contributed by atoms with Crippen molar-refractivity contribution in [2.45, 2.75) is 13.3 Å². The van der Waals surface area contributed by atoms with Gasteiger partial charge in [0.25, 0.3) is 0 Å². The number of rotatable bonds is 5. The van der Waals surface area contributed by atoms with Gasteiger partial charge in [0, 0.05) is 40.3 Å². The number of carbonyl (C=O) groups is 1. The molecule has 0 aliphatic carbocycles. The molecular weight excluding hydrogens is 354 g/mol. The second-order valence-corrected chi connectivity index (χ2v) is 7.19. The third kappa shape index (κ3) is 3.04. The Morgan fingerprint density at radius 2 is 2.04 bits per heavy atom. The average molecular weight is 379 g/mol. The number of fused-ring (bicyclic) bond motifs is 1. The van der Waals surface area contributed by atoms with Gasteiger partial charge in [-0.1, -0.05) is 6.92 Å². The largest absolute Gasteiger partial charge is 0.359 e. The summed E-state index contributed by atoms with van der Waals surface area (Å²) >= 11 is 0. The number of aromatic nitrogens is 4. The molecule has 4 rings (SSSR count). The molecule has 3 aromatic rings. The topological polar surface area (TPSA) is 79.2 Å². The number of hydrogen-bond donors (Lipinski definition) is 1. The zero-order valence-electron chi connectivity index (χ0n) is 16.7. The Morgan fingerprint density at radius 1 is 1.25 bits per heavy atom. The summed E-state index contributed by atoms with van der Waals surface area (Å²) in [6.07, 6.45) is 6.38. The van der Waals surface area contributed by atoms with E-state index in [1.165, 1.54) is 5.56 Å². The second kappa shape index (κ2) is 7.10. The van der Waals surface area contributed by atoms with Crippen LogP contribution < -0.4 is 15.1 Å². The van der Waals surface area contributed by atoms with E-state index in [1.807, 2.05) is 30.9 Å². The van der Waals surface area contributed by atoms with Gasteiger partial charge in [0.05, 0.1) is 35.8 Å². The van der Waals surface area contributed by atoms with E-state index >= 15 is 0 Å². The summed E-state index contributed by atoms with van der Waals surface area (Å²) in [5, 5.41) is 2.71. The Labute approximate surface area is 164 Å². The van der Waals surface area contributed by atoms with Crippen LogP contribution in [0.5, 0.6) is 0 Å². The minimum absolute atomic E-state index is 0.0500. The number of pyridine rings is 2. The van der Waals surface area contributed by atoms with Crippen LogP contribution >= 0.6 is 0 Å². The molecule has 0 spiro atoms. The van der Waals surface area contributed by atoms with Gasteiger partial charge in [-0.25, -0.2) is 15.0 Å². The molecule has 0 atom stereocenters. The standard InChI is InChI=1S/C20H25N7O/c1-5-13-6-19(27-10-14(11-27)20(28)21-2)23-9-17(13)26(4)18-7-16-15(8-22-18)24-12-25(16)3/h6-9,12,14H,5,10-11H2,1-4H3,(H,21,28). The van der Waals surface area contributed by atoms with Gasteiger partial charge in [-0.15, -0.1) is 0 Å². The van der Waals surface area contributed by atoms with Crippen molar-refractivity contribution in [3.05, 3.63) is 36.4 Å². The van der Waals surface area contributed by atoms with Crippen molar-refractivity contribution in [1.29, 1.82) is 0 Å². The van der Waals surface area contributed by atoms with E-state index < -0.39 is 0 Å². The molecule has 3 aromatic heterocycles. The number of nitrogens with zero attached hydrogens (tertiary/aromatic N) is 6. The molecule has 1 saturated heterocycles. The van der Waals surface area contributed by atoms with Crippen molar-refractivity contribution in [1.82, 2.24) is 24.8 Å². The van der Waals surface area contributed by atoms with Crippen molar-refractivity contribution in [2.24, 2.45) is 13.0 Å². The van der Waals surface area contributed by atoms with E-state index in [9.17, 15) is 4.79 Å². The quantitative estimate of drug-likeness (QED) is 0.729. The van der Waals surface area contributed by atoms with Crippen molar-refractivity contribution < 1.29 is 4.79 Å². The summed E-state index contributed by atoms with van der Waals surface area (Å²) in [6, 6.07) is 4.16. The fourth-order valence-corrected chi connectivity index (χ4v) is 3.60. The first-order chi connectivity index (χ1) is 13.5. The van der Waals surface area contributed by atoms with Gasteiger partial charge in [0.2, 0.25) is 5.91 Å². The first-order valence-corrected chi connectivity index (χ1v) is 9.48. The SMILES string of the molecule is CCc1cc(N2CC(C(=O)NC)C2)ncc1N(C)c1cc2c(cn1)ncn2C. The number of amides is 1. The van der Waals surface area contributed by atoms with E-state index in [-0.39, 0.29) is 11.8 Å². The van der Waals surface area contributed by atoms with E-state index in [0.29, 0.717) is 13.1 Å². The average Bonchev–Trinajstić information content (AvgIpc) is 3.06. The molecule has 0 bridgehead atoms. The lowest BCUT2D eigenvalue weighted by Crippen LogP contribution is -2.53. The van der Waals surface area contributed by atoms with Gasteiger partial charge >= 0.3 is 0 Å². The maximum absolute atomic E-state index is 11.7. The van der Waals surface area contributed by atoms with Crippen LogP contribution in [0.4, 0.5) is 17.3 Å². The molecule has 4 heterocycles. The lowest BCUT2D eigenvalue weighted by Gasteiger charge is -2.39. The van der Waals surface area contributed by atoms with Crippen molar-refractivity contribution in [3.8, 4) is 0 Å². The summed E-state index contributed by atoms with van der Waals surface area (Å²) in [5.74, 6) is 1.92. The molecule has 1 amide bonds. The molecule has 1 fully saturated rings. The van der Waals surface area contributed by atoms with Crippen LogP contribution in [-0.2, 0) is 18.3 Å². The molecule has 28 heavy (non-hydrogen) atoms. The van der Waals surface area contributed by atoms with Gasteiger partial charge in [0.15, 0.2) is 0 Å². The van der Waals surface area contributed by atoms with Crippen LogP contribution in [0.3, 0.4) is 0 Å². The van der Waals surface area contributed by atoms with Crippen LogP contribution in [0.25, 0.3) is 11.0 Å². The van der Waals surface area contributed by atoms with Crippen molar-refractivity contribution in [3.63, 3.8) is 0 Å². The van der Waals surface area contributed by atoms with E-state index in [1.54, 1.807) is 19.6 Å². The fraction of sp³-hybridized carbons (Fsp3) is 0.400. The molecule has 8 heteroatoms. The van der Waals surface area contributed by atoms with Gasteiger partial charge < -0.3 is 19.7 Å². The molecule has 1 N–H and O–H groups in total. The first-order valence-electron chi connectivity index (χ1n) is 9.48. The maximum atomic E-state index is 11.7. The molecule has 0 unspecified atom stereocenters. The predicted molar refractivity (Wildman–Crippen MR) is 110 cm³/mol. The van der Waals surface area contributed by atoms with Gasteiger partial charge in [-0.05, 0) is 18.1 Å². The van der Waals surface area contributed by atoms with Crippen LogP contribution in [0, 0.1) is 5.92 Å². The van der Waals surface area contributed by atoms with E-state index in [4.69, 9.17) is 0 Å². The second-order valence-electron chi connectivity index (χ2n) is 7.19. The number of aryl methyl sites for hydroxylation is 2. The van der Waals surface area contributed by atoms with E-state index in [0.717, 1.165) is 34.8 Å². The molecule has 1 aliphatic heterocycles. The minimum atomic E-state index is 0.0500. The van der Waals surface area contributed by atoms with Gasteiger partial charge in [-0.3, -0.25) is 4.79 Å². The smallest absolute Gasteiger partial charge is 0.226 e.